The topological polar surface area (TPSA) is 91.5 Å². The Morgan fingerprint density at radius 3 is 2.82 bits per heavy atom. The summed E-state index contributed by atoms with van der Waals surface area (Å²) in [6.07, 6.45) is 5.21. The predicted octanol–water partition coefficient (Wildman–Crippen LogP) is 1.07. The molecule has 0 spiro atoms. The summed E-state index contributed by atoms with van der Waals surface area (Å²) in [6.45, 7) is 6.46. The number of aromatic amines is 1. The van der Waals surface area contributed by atoms with E-state index in [-0.39, 0.29) is 17.4 Å². The summed E-state index contributed by atoms with van der Waals surface area (Å²) < 4.78 is 3.01. The molecule has 0 radical (unpaired) electrons. The normalized spacial score (nSPS) is 15.6. The van der Waals surface area contributed by atoms with Gasteiger partial charge in [-0.25, -0.2) is 9.20 Å². The standard InChI is InChI=1S/C19H25N7O2/c1-4-23(3)14-7-10-24(11-8-14)18(28)15-12-20-26(13(15)2)19-21-17(27)16-6-5-9-25(16)22-19/h5-6,9,12,14H,4,7-8,10-11H2,1-3H3,(H,21,22,27). The minimum Gasteiger partial charge on any atom is -0.338 e. The SMILES string of the molecule is CCN(C)C1CCN(C(=O)c2cnn(-c3nn4cccc4c(=O)[nH]3)c2C)CC1. The van der Waals surface area contributed by atoms with Crippen LogP contribution in [0, 0.1) is 6.92 Å². The Bertz CT molecular complexity index is 1060. The number of rotatable bonds is 4. The second-order valence-electron chi connectivity index (χ2n) is 7.27. The molecule has 28 heavy (non-hydrogen) atoms. The van der Waals surface area contributed by atoms with Gasteiger partial charge in [0.2, 0.25) is 5.95 Å². The van der Waals surface area contributed by atoms with Crippen LogP contribution < -0.4 is 5.56 Å². The van der Waals surface area contributed by atoms with Crippen molar-refractivity contribution in [3.63, 3.8) is 0 Å². The highest BCUT2D eigenvalue weighted by molar-refractivity contribution is 5.95. The number of nitrogens with one attached hydrogen (secondary N) is 1. The third kappa shape index (κ3) is 3.11. The Hall–Kier alpha value is -2.94. The molecular formula is C19H25N7O2. The van der Waals surface area contributed by atoms with Gasteiger partial charge in [0.1, 0.15) is 5.52 Å². The summed E-state index contributed by atoms with van der Waals surface area (Å²) in [5, 5.41) is 8.69. The molecule has 3 aromatic heterocycles. The van der Waals surface area contributed by atoms with E-state index in [9.17, 15) is 9.59 Å². The van der Waals surface area contributed by atoms with Crippen molar-refractivity contribution in [2.24, 2.45) is 0 Å². The van der Waals surface area contributed by atoms with Gasteiger partial charge in [-0.3, -0.25) is 14.6 Å². The van der Waals surface area contributed by atoms with E-state index in [2.05, 4.69) is 34.1 Å². The Morgan fingerprint density at radius 1 is 1.36 bits per heavy atom. The lowest BCUT2D eigenvalue weighted by Gasteiger charge is -2.36. The number of hydrogen-bond acceptors (Lipinski definition) is 5. The van der Waals surface area contributed by atoms with E-state index >= 15 is 0 Å². The Balaban J connectivity index is 1.56. The van der Waals surface area contributed by atoms with Crippen LogP contribution in [0.1, 0.15) is 35.8 Å². The third-order valence-electron chi connectivity index (χ3n) is 5.70. The number of piperidine rings is 1. The summed E-state index contributed by atoms with van der Waals surface area (Å²) in [6, 6.07) is 3.98. The van der Waals surface area contributed by atoms with Gasteiger partial charge in [0.05, 0.1) is 17.5 Å². The molecule has 1 aliphatic heterocycles. The molecular weight excluding hydrogens is 358 g/mol. The van der Waals surface area contributed by atoms with Crippen molar-refractivity contribution in [1.29, 1.82) is 0 Å². The molecule has 148 valence electrons. The van der Waals surface area contributed by atoms with Crippen molar-refractivity contribution in [2.45, 2.75) is 32.7 Å². The summed E-state index contributed by atoms with van der Waals surface area (Å²) >= 11 is 0. The molecule has 0 aliphatic carbocycles. The fourth-order valence-electron chi connectivity index (χ4n) is 3.80. The summed E-state index contributed by atoms with van der Waals surface area (Å²) in [5.41, 5.74) is 1.41. The molecule has 0 bridgehead atoms. The van der Waals surface area contributed by atoms with Gasteiger partial charge in [0.15, 0.2) is 0 Å². The maximum absolute atomic E-state index is 13.0. The second-order valence-corrected chi connectivity index (χ2v) is 7.27. The maximum atomic E-state index is 13.0. The minimum atomic E-state index is -0.250. The number of carbonyl (C=O) groups excluding carboxylic acids is 1. The first-order valence-corrected chi connectivity index (χ1v) is 9.61. The predicted molar refractivity (Wildman–Crippen MR) is 105 cm³/mol. The van der Waals surface area contributed by atoms with Crippen LogP contribution in [0.15, 0.2) is 29.3 Å². The van der Waals surface area contributed by atoms with E-state index < -0.39 is 0 Å². The van der Waals surface area contributed by atoms with Crippen LogP contribution in [0.2, 0.25) is 0 Å². The van der Waals surface area contributed by atoms with Gasteiger partial charge in [-0.2, -0.15) is 5.10 Å². The zero-order chi connectivity index (χ0) is 19.8. The molecule has 4 rings (SSSR count). The quantitative estimate of drug-likeness (QED) is 0.728. The van der Waals surface area contributed by atoms with Crippen molar-refractivity contribution >= 4 is 11.4 Å². The molecule has 4 heterocycles. The monoisotopic (exact) mass is 383 g/mol. The Labute approximate surface area is 162 Å². The van der Waals surface area contributed by atoms with Gasteiger partial charge < -0.3 is 9.80 Å². The number of fused-ring (bicyclic) bond motifs is 1. The van der Waals surface area contributed by atoms with Crippen LogP contribution in [0.5, 0.6) is 0 Å². The van der Waals surface area contributed by atoms with Crippen LogP contribution >= 0.6 is 0 Å². The van der Waals surface area contributed by atoms with E-state index in [0.29, 0.717) is 22.8 Å². The molecule has 1 amide bonds. The summed E-state index contributed by atoms with van der Waals surface area (Å²) in [4.78, 5) is 32.2. The number of amides is 1. The largest absolute Gasteiger partial charge is 0.338 e. The minimum absolute atomic E-state index is 0.0225. The van der Waals surface area contributed by atoms with E-state index in [0.717, 1.165) is 32.5 Å². The van der Waals surface area contributed by atoms with E-state index in [1.807, 2.05) is 11.8 Å². The molecule has 1 fully saturated rings. The van der Waals surface area contributed by atoms with Gasteiger partial charge in [-0.15, -0.1) is 5.10 Å². The van der Waals surface area contributed by atoms with Crippen LogP contribution in [-0.4, -0.2) is 72.8 Å². The molecule has 0 unspecified atom stereocenters. The highest BCUT2D eigenvalue weighted by Gasteiger charge is 2.27. The van der Waals surface area contributed by atoms with Crippen molar-refractivity contribution < 1.29 is 4.79 Å². The van der Waals surface area contributed by atoms with Gasteiger partial charge in [-0.1, -0.05) is 6.92 Å². The Kier molecular flexibility index (Phi) is 4.76. The fraction of sp³-hybridized carbons (Fsp3) is 0.474. The number of aromatic nitrogens is 5. The average molecular weight is 383 g/mol. The number of likely N-dealkylation sites (tertiary alicyclic amines) is 1. The van der Waals surface area contributed by atoms with Gasteiger partial charge >= 0.3 is 0 Å². The molecule has 1 saturated heterocycles. The lowest BCUT2D eigenvalue weighted by atomic mass is 10.0. The smallest absolute Gasteiger partial charge is 0.276 e. The number of hydrogen-bond donors (Lipinski definition) is 1. The van der Waals surface area contributed by atoms with Gasteiger partial charge in [0.25, 0.3) is 11.5 Å². The first-order valence-electron chi connectivity index (χ1n) is 9.61. The van der Waals surface area contributed by atoms with Crippen molar-refractivity contribution in [1.82, 2.24) is 34.2 Å². The molecule has 9 nitrogen and oxygen atoms in total. The Morgan fingerprint density at radius 2 is 2.11 bits per heavy atom. The lowest BCUT2D eigenvalue weighted by Crippen LogP contribution is -2.45. The van der Waals surface area contributed by atoms with E-state index in [1.54, 1.807) is 24.5 Å². The fourth-order valence-corrected chi connectivity index (χ4v) is 3.80. The zero-order valence-electron chi connectivity index (χ0n) is 16.4. The molecule has 0 aromatic carbocycles. The lowest BCUT2D eigenvalue weighted by molar-refractivity contribution is 0.0649. The molecule has 1 N–H and O–H groups in total. The van der Waals surface area contributed by atoms with Crippen LogP contribution in [0.25, 0.3) is 11.5 Å². The van der Waals surface area contributed by atoms with E-state index in [1.165, 1.54) is 9.20 Å². The van der Waals surface area contributed by atoms with Crippen LogP contribution in [-0.2, 0) is 0 Å². The first kappa shape index (κ1) is 18.4. The third-order valence-corrected chi connectivity index (χ3v) is 5.70. The molecule has 9 heteroatoms. The van der Waals surface area contributed by atoms with Crippen molar-refractivity contribution in [2.75, 3.05) is 26.7 Å². The second kappa shape index (κ2) is 7.23. The average Bonchev–Trinajstić information content (AvgIpc) is 3.33. The molecule has 0 atom stereocenters. The number of carbonyl (C=O) groups is 1. The number of nitrogens with zero attached hydrogens (tertiary/aromatic N) is 6. The van der Waals surface area contributed by atoms with Crippen LogP contribution in [0.4, 0.5) is 0 Å². The van der Waals surface area contributed by atoms with Gasteiger partial charge in [0, 0.05) is 25.3 Å². The highest BCUT2D eigenvalue weighted by Crippen LogP contribution is 2.19. The summed E-state index contributed by atoms with van der Waals surface area (Å²) in [7, 11) is 2.13. The van der Waals surface area contributed by atoms with Gasteiger partial charge in [-0.05, 0) is 45.5 Å². The van der Waals surface area contributed by atoms with E-state index in [4.69, 9.17) is 0 Å². The zero-order valence-corrected chi connectivity index (χ0v) is 16.4. The molecule has 1 aliphatic rings. The van der Waals surface area contributed by atoms with Crippen molar-refractivity contribution in [3.8, 4) is 5.95 Å². The molecule has 0 saturated carbocycles. The van der Waals surface area contributed by atoms with Crippen LogP contribution in [0.3, 0.4) is 0 Å². The number of H-pyrrole nitrogens is 1. The van der Waals surface area contributed by atoms with Crippen molar-refractivity contribution in [3.05, 3.63) is 46.1 Å². The first-order chi connectivity index (χ1) is 13.5. The highest BCUT2D eigenvalue weighted by atomic mass is 16.2. The summed E-state index contributed by atoms with van der Waals surface area (Å²) in [5.74, 6) is 0.263. The maximum Gasteiger partial charge on any atom is 0.276 e. The molecule has 3 aromatic rings.